The molecule has 0 aliphatic rings. The zero-order valence-electron chi connectivity index (χ0n) is 5.24. The largest absolute Gasteiger partial charge is 0.493 e. The van der Waals surface area contributed by atoms with Gasteiger partial charge in [-0.25, -0.2) is 4.68 Å². The van der Waals surface area contributed by atoms with E-state index < -0.39 is 0 Å². The first-order valence-electron chi connectivity index (χ1n) is 2.57. The molecule has 0 atom stereocenters. The first-order valence-corrected chi connectivity index (χ1v) is 2.57. The molecule has 0 spiro atoms. The molecule has 0 saturated heterocycles. The second-order valence-electron chi connectivity index (χ2n) is 1.54. The third kappa shape index (κ3) is 1.10. The van der Waals surface area contributed by atoms with Crippen molar-refractivity contribution in [1.82, 2.24) is 9.78 Å². The zero-order chi connectivity index (χ0) is 6.69. The van der Waals surface area contributed by atoms with Gasteiger partial charge >= 0.3 is 0 Å². The van der Waals surface area contributed by atoms with Crippen molar-refractivity contribution in [2.24, 2.45) is 0 Å². The van der Waals surface area contributed by atoms with Crippen LogP contribution in [-0.2, 0) is 0 Å². The van der Waals surface area contributed by atoms with Crippen molar-refractivity contribution < 1.29 is 4.74 Å². The molecule has 0 saturated carbocycles. The minimum atomic E-state index is 0.745. The Bertz CT molecular complexity index is 205. The van der Waals surface area contributed by atoms with Gasteiger partial charge in [-0.1, -0.05) is 6.58 Å². The molecule has 0 radical (unpaired) electrons. The lowest BCUT2D eigenvalue weighted by molar-refractivity contribution is 0.414. The molecule has 48 valence electrons. The van der Waals surface area contributed by atoms with Gasteiger partial charge in [0.2, 0.25) is 0 Å². The quantitative estimate of drug-likeness (QED) is 0.588. The highest BCUT2D eigenvalue weighted by molar-refractivity contribution is 5.21. The van der Waals surface area contributed by atoms with Crippen molar-refractivity contribution in [1.29, 1.82) is 0 Å². The molecule has 0 bridgehead atoms. The second kappa shape index (κ2) is 2.35. The summed E-state index contributed by atoms with van der Waals surface area (Å²) in [5.74, 6) is 0.745. The van der Waals surface area contributed by atoms with E-state index in [1.165, 1.54) is 0 Å². The van der Waals surface area contributed by atoms with Crippen LogP contribution in [0.3, 0.4) is 0 Å². The molecular weight excluding hydrogens is 116 g/mol. The number of aromatic nitrogens is 2. The van der Waals surface area contributed by atoms with Crippen molar-refractivity contribution in [2.75, 3.05) is 7.11 Å². The maximum absolute atomic E-state index is 4.87. The lowest BCUT2D eigenvalue weighted by atomic mass is 10.7. The smallest absolute Gasteiger partial charge is 0.157 e. The third-order valence-corrected chi connectivity index (χ3v) is 1.00. The molecule has 1 heterocycles. The van der Waals surface area contributed by atoms with E-state index in [9.17, 15) is 0 Å². The van der Waals surface area contributed by atoms with E-state index in [1.54, 1.807) is 30.4 Å². The lowest BCUT2D eigenvalue weighted by Gasteiger charge is -1.87. The van der Waals surface area contributed by atoms with E-state index in [2.05, 4.69) is 11.7 Å². The van der Waals surface area contributed by atoms with Gasteiger partial charge in [0.15, 0.2) is 5.75 Å². The summed E-state index contributed by atoms with van der Waals surface area (Å²) in [5, 5.41) is 3.88. The van der Waals surface area contributed by atoms with E-state index in [0.29, 0.717) is 0 Å². The number of rotatable bonds is 2. The van der Waals surface area contributed by atoms with E-state index in [1.807, 2.05) is 0 Å². The Balaban J connectivity index is 2.86. The van der Waals surface area contributed by atoms with Crippen LogP contribution in [0, 0.1) is 0 Å². The number of ether oxygens (including phenoxy) is 1. The van der Waals surface area contributed by atoms with E-state index in [-0.39, 0.29) is 0 Å². The van der Waals surface area contributed by atoms with Gasteiger partial charge in [-0.3, -0.25) is 0 Å². The van der Waals surface area contributed by atoms with Gasteiger partial charge in [-0.05, 0) is 0 Å². The van der Waals surface area contributed by atoms with Crippen LogP contribution in [0.2, 0.25) is 0 Å². The molecule has 3 nitrogen and oxygen atoms in total. The van der Waals surface area contributed by atoms with Gasteiger partial charge in [0, 0.05) is 6.20 Å². The number of hydrogen-bond acceptors (Lipinski definition) is 2. The average molecular weight is 124 g/mol. The molecule has 1 aromatic heterocycles. The molecule has 0 N–H and O–H groups in total. The van der Waals surface area contributed by atoms with Crippen molar-refractivity contribution in [2.45, 2.75) is 0 Å². The average Bonchev–Trinajstić information content (AvgIpc) is 2.34. The van der Waals surface area contributed by atoms with Crippen LogP contribution >= 0.6 is 0 Å². The highest BCUT2D eigenvalue weighted by atomic mass is 16.5. The molecule has 9 heavy (non-hydrogen) atoms. The SMILES string of the molecule is C=Cn1cc(OC)cn1. The van der Waals surface area contributed by atoms with Crippen molar-refractivity contribution in [3.8, 4) is 5.75 Å². The fourth-order valence-corrected chi connectivity index (χ4v) is 0.526. The van der Waals surface area contributed by atoms with Gasteiger partial charge in [0.05, 0.1) is 19.5 Å². The van der Waals surface area contributed by atoms with Gasteiger partial charge < -0.3 is 4.74 Å². The highest BCUT2D eigenvalue weighted by Gasteiger charge is 1.90. The summed E-state index contributed by atoms with van der Waals surface area (Å²) >= 11 is 0. The predicted molar refractivity (Wildman–Crippen MR) is 35.2 cm³/mol. The summed E-state index contributed by atoms with van der Waals surface area (Å²) < 4.78 is 6.45. The first kappa shape index (κ1) is 5.88. The van der Waals surface area contributed by atoms with Gasteiger partial charge in [0.25, 0.3) is 0 Å². The minimum Gasteiger partial charge on any atom is -0.493 e. The van der Waals surface area contributed by atoms with Crippen LogP contribution in [0.25, 0.3) is 6.20 Å². The summed E-state index contributed by atoms with van der Waals surface area (Å²) in [5.41, 5.74) is 0. The van der Waals surface area contributed by atoms with Gasteiger partial charge in [0.1, 0.15) is 0 Å². The summed E-state index contributed by atoms with van der Waals surface area (Å²) in [7, 11) is 1.60. The monoisotopic (exact) mass is 124 g/mol. The number of methoxy groups -OCH3 is 1. The number of hydrogen-bond donors (Lipinski definition) is 0. The van der Waals surface area contributed by atoms with E-state index in [4.69, 9.17) is 4.74 Å². The Labute approximate surface area is 53.6 Å². The standard InChI is InChI=1S/C6H8N2O/c1-3-8-5-6(9-2)4-7-8/h3-5H,1H2,2H3. The summed E-state index contributed by atoms with van der Waals surface area (Å²) in [4.78, 5) is 0. The Kier molecular flexibility index (Phi) is 1.53. The van der Waals surface area contributed by atoms with Crippen molar-refractivity contribution >= 4 is 6.20 Å². The molecule has 3 heteroatoms. The summed E-state index contributed by atoms with van der Waals surface area (Å²) in [6, 6.07) is 0. The van der Waals surface area contributed by atoms with Crippen LogP contribution in [0.4, 0.5) is 0 Å². The van der Waals surface area contributed by atoms with Crippen LogP contribution in [0.5, 0.6) is 5.75 Å². The van der Waals surface area contributed by atoms with Crippen LogP contribution in [-0.4, -0.2) is 16.9 Å². The van der Waals surface area contributed by atoms with E-state index >= 15 is 0 Å². The fourth-order valence-electron chi connectivity index (χ4n) is 0.526. The van der Waals surface area contributed by atoms with Gasteiger partial charge in [-0.15, -0.1) is 0 Å². The minimum absolute atomic E-state index is 0.745. The molecule has 0 aliphatic carbocycles. The van der Waals surface area contributed by atoms with Crippen molar-refractivity contribution in [3.05, 3.63) is 19.0 Å². The Hall–Kier alpha value is -1.25. The van der Waals surface area contributed by atoms with E-state index in [0.717, 1.165) is 5.75 Å². The third-order valence-electron chi connectivity index (χ3n) is 1.00. The van der Waals surface area contributed by atoms with Crippen LogP contribution in [0.1, 0.15) is 0 Å². The topological polar surface area (TPSA) is 27.1 Å². The molecule has 1 rings (SSSR count). The fraction of sp³-hybridized carbons (Fsp3) is 0.167. The molecule has 0 aliphatic heterocycles. The maximum atomic E-state index is 4.87. The van der Waals surface area contributed by atoms with Crippen molar-refractivity contribution in [3.63, 3.8) is 0 Å². The summed E-state index contributed by atoms with van der Waals surface area (Å²) in [6.45, 7) is 3.52. The first-order chi connectivity index (χ1) is 4.36. The summed E-state index contributed by atoms with van der Waals surface area (Å²) in [6.07, 6.45) is 4.97. The predicted octanol–water partition coefficient (Wildman–Crippen LogP) is 0.992. The molecule has 0 fully saturated rings. The Morgan fingerprint density at radius 1 is 1.89 bits per heavy atom. The second-order valence-corrected chi connectivity index (χ2v) is 1.54. The molecular formula is C6H8N2O. The zero-order valence-corrected chi connectivity index (χ0v) is 5.24. The molecule has 0 aromatic carbocycles. The normalized spacial score (nSPS) is 9.00. The molecule has 0 amide bonds. The maximum Gasteiger partial charge on any atom is 0.157 e. The Morgan fingerprint density at radius 3 is 3.00 bits per heavy atom. The van der Waals surface area contributed by atoms with Crippen LogP contribution in [0.15, 0.2) is 19.0 Å². The van der Waals surface area contributed by atoms with Gasteiger partial charge in [-0.2, -0.15) is 5.10 Å². The van der Waals surface area contributed by atoms with Crippen LogP contribution < -0.4 is 4.74 Å². The number of nitrogens with zero attached hydrogens (tertiary/aromatic N) is 2. The lowest BCUT2D eigenvalue weighted by Crippen LogP contribution is -1.82. The highest BCUT2D eigenvalue weighted by Crippen LogP contribution is 2.05. The Morgan fingerprint density at radius 2 is 2.67 bits per heavy atom. The molecule has 1 aromatic rings. The molecule has 0 unspecified atom stereocenters.